The van der Waals surface area contributed by atoms with E-state index in [1.165, 1.54) is 0 Å². The van der Waals surface area contributed by atoms with Crippen molar-refractivity contribution >= 4 is 9.84 Å². The SMILES string of the molecule is NCC1(N2CCOc3ccccc3C2)CCS(=O)(=O)CC1. The van der Waals surface area contributed by atoms with E-state index in [0.717, 1.165) is 24.4 Å². The van der Waals surface area contributed by atoms with Gasteiger partial charge in [-0.3, -0.25) is 4.90 Å². The van der Waals surface area contributed by atoms with Gasteiger partial charge in [-0.25, -0.2) is 8.42 Å². The van der Waals surface area contributed by atoms with Crippen LogP contribution in [0.2, 0.25) is 0 Å². The fraction of sp³-hybridized carbons (Fsp3) is 0.600. The second-order valence-corrected chi connectivity index (χ2v) is 8.26. The first-order chi connectivity index (χ1) is 10.0. The largest absolute Gasteiger partial charge is 0.492 e. The Hall–Kier alpha value is -1.11. The predicted molar refractivity (Wildman–Crippen MR) is 82.0 cm³/mol. The van der Waals surface area contributed by atoms with Crippen LogP contribution in [0.25, 0.3) is 0 Å². The van der Waals surface area contributed by atoms with E-state index in [9.17, 15) is 8.42 Å². The first-order valence-corrected chi connectivity index (χ1v) is 9.23. The first kappa shape index (κ1) is 14.8. The van der Waals surface area contributed by atoms with E-state index < -0.39 is 9.84 Å². The van der Waals surface area contributed by atoms with Crippen LogP contribution in [-0.2, 0) is 16.4 Å². The van der Waals surface area contributed by atoms with Gasteiger partial charge in [0.2, 0.25) is 0 Å². The zero-order valence-electron chi connectivity index (χ0n) is 12.1. The molecule has 3 rings (SSSR count). The number of para-hydroxylation sites is 1. The Bertz CT molecular complexity index is 601. The molecule has 6 heteroatoms. The summed E-state index contributed by atoms with van der Waals surface area (Å²) in [5, 5.41) is 0. The average Bonchev–Trinajstić information content (AvgIpc) is 2.70. The summed E-state index contributed by atoms with van der Waals surface area (Å²) >= 11 is 0. The molecule has 0 aromatic heterocycles. The molecule has 1 saturated heterocycles. The lowest BCUT2D eigenvalue weighted by Gasteiger charge is -2.45. The van der Waals surface area contributed by atoms with Crippen molar-refractivity contribution in [2.24, 2.45) is 5.73 Å². The fourth-order valence-electron chi connectivity index (χ4n) is 3.30. The molecule has 2 N–H and O–H groups in total. The minimum atomic E-state index is -2.89. The standard InChI is InChI=1S/C15H22N2O3S/c16-12-15(5-9-21(18,19)10-6-15)17-7-8-20-14-4-2-1-3-13(14)11-17/h1-4H,5-12,16H2. The van der Waals surface area contributed by atoms with Gasteiger partial charge in [-0.15, -0.1) is 0 Å². The lowest BCUT2D eigenvalue weighted by molar-refractivity contribution is 0.0689. The van der Waals surface area contributed by atoms with Crippen LogP contribution >= 0.6 is 0 Å². The molecule has 0 atom stereocenters. The highest BCUT2D eigenvalue weighted by Crippen LogP contribution is 2.33. The van der Waals surface area contributed by atoms with Crippen LogP contribution in [0, 0.1) is 0 Å². The van der Waals surface area contributed by atoms with Crippen molar-refractivity contribution in [2.45, 2.75) is 24.9 Å². The van der Waals surface area contributed by atoms with Gasteiger partial charge in [0.25, 0.3) is 0 Å². The average molecular weight is 310 g/mol. The molecule has 2 aliphatic heterocycles. The van der Waals surface area contributed by atoms with Crippen molar-refractivity contribution in [1.82, 2.24) is 4.90 Å². The Morgan fingerprint density at radius 1 is 1.24 bits per heavy atom. The highest BCUT2D eigenvalue weighted by Gasteiger charge is 2.41. The van der Waals surface area contributed by atoms with Crippen LogP contribution in [0.1, 0.15) is 18.4 Å². The van der Waals surface area contributed by atoms with Gasteiger partial charge in [0.1, 0.15) is 22.2 Å². The maximum atomic E-state index is 11.7. The molecule has 0 spiro atoms. The fourth-order valence-corrected chi connectivity index (χ4v) is 4.88. The first-order valence-electron chi connectivity index (χ1n) is 7.41. The van der Waals surface area contributed by atoms with Gasteiger partial charge in [-0.2, -0.15) is 0 Å². The number of rotatable bonds is 2. The Labute approximate surface area is 126 Å². The smallest absolute Gasteiger partial charge is 0.150 e. The van der Waals surface area contributed by atoms with Crippen LogP contribution in [0.3, 0.4) is 0 Å². The summed E-state index contributed by atoms with van der Waals surface area (Å²) in [6.07, 6.45) is 1.24. The van der Waals surface area contributed by atoms with Crippen molar-refractivity contribution in [3.05, 3.63) is 29.8 Å². The molecular weight excluding hydrogens is 288 g/mol. The van der Waals surface area contributed by atoms with Crippen LogP contribution in [0.15, 0.2) is 24.3 Å². The van der Waals surface area contributed by atoms with Crippen molar-refractivity contribution in [3.8, 4) is 5.75 Å². The summed E-state index contributed by atoms with van der Waals surface area (Å²) in [6, 6.07) is 8.03. The number of nitrogens with two attached hydrogens (primary N) is 1. The van der Waals surface area contributed by atoms with E-state index in [1.54, 1.807) is 0 Å². The quantitative estimate of drug-likeness (QED) is 0.874. The highest BCUT2D eigenvalue weighted by molar-refractivity contribution is 7.91. The third-order valence-corrected chi connectivity index (χ3v) is 6.41. The van der Waals surface area contributed by atoms with Crippen molar-refractivity contribution in [3.63, 3.8) is 0 Å². The molecular formula is C15H22N2O3S. The topological polar surface area (TPSA) is 72.6 Å². The van der Waals surface area contributed by atoms with E-state index in [0.29, 0.717) is 26.0 Å². The summed E-state index contributed by atoms with van der Waals surface area (Å²) in [6.45, 7) is 2.66. The van der Waals surface area contributed by atoms with Crippen LogP contribution in [0.5, 0.6) is 5.75 Å². The molecule has 1 aromatic carbocycles. The van der Waals surface area contributed by atoms with E-state index in [2.05, 4.69) is 11.0 Å². The minimum Gasteiger partial charge on any atom is -0.492 e. The third-order valence-electron chi connectivity index (χ3n) is 4.76. The van der Waals surface area contributed by atoms with Gasteiger partial charge in [0.05, 0.1) is 11.5 Å². The Morgan fingerprint density at radius 2 is 1.95 bits per heavy atom. The van der Waals surface area contributed by atoms with E-state index in [4.69, 9.17) is 10.5 Å². The van der Waals surface area contributed by atoms with Gasteiger partial charge >= 0.3 is 0 Å². The zero-order valence-corrected chi connectivity index (χ0v) is 12.9. The summed E-state index contributed by atoms with van der Waals surface area (Å²) < 4.78 is 29.2. The number of nitrogens with zero attached hydrogens (tertiary/aromatic N) is 1. The molecule has 0 radical (unpaired) electrons. The molecule has 1 aromatic rings. The van der Waals surface area contributed by atoms with Gasteiger partial charge in [0.15, 0.2) is 0 Å². The summed E-state index contributed by atoms with van der Waals surface area (Å²) in [5.74, 6) is 1.41. The number of ether oxygens (including phenoxy) is 1. The lowest BCUT2D eigenvalue weighted by atomic mass is 9.89. The molecule has 0 amide bonds. The summed E-state index contributed by atoms with van der Waals surface area (Å²) in [7, 11) is -2.89. The van der Waals surface area contributed by atoms with Gasteiger partial charge in [0, 0.05) is 30.7 Å². The normalized spacial score (nSPS) is 24.6. The van der Waals surface area contributed by atoms with E-state index >= 15 is 0 Å². The number of benzene rings is 1. The minimum absolute atomic E-state index is 0.216. The summed E-state index contributed by atoms with van der Waals surface area (Å²) in [5.41, 5.74) is 6.98. The molecule has 1 fully saturated rings. The van der Waals surface area contributed by atoms with Crippen molar-refractivity contribution in [2.75, 3.05) is 31.2 Å². The van der Waals surface area contributed by atoms with E-state index in [-0.39, 0.29) is 17.0 Å². The van der Waals surface area contributed by atoms with E-state index in [1.807, 2.05) is 18.2 Å². The Morgan fingerprint density at radius 3 is 2.67 bits per heavy atom. The van der Waals surface area contributed by atoms with Crippen molar-refractivity contribution < 1.29 is 13.2 Å². The third kappa shape index (κ3) is 2.93. The second-order valence-electron chi connectivity index (χ2n) is 5.96. The molecule has 0 saturated carbocycles. The highest BCUT2D eigenvalue weighted by atomic mass is 32.2. The lowest BCUT2D eigenvalue weighted by Crippen LogP contribution is -2.57. The number of sulfone groups is 1. The molecule has 0 unspecified atom stereocenters. The molecule has 2 heterocycles. The molecule has 2 aliphatic rings. The zero-order chi connectivity index (χ0) is 14.9. The molecule has 21 heavy (non-hydrogen) atoms. The van der Waals surface area contributed by atoms with Crippen LogP contribution in [-0.4, -0.2) is 50.1 Å². The molecule has 0 bridgehead atoms. The maximum Gasteiger partial charge on any atom is 0.150 e. The van der Waals surface area contributed by atoms with Crippen LogP contribution in [0.4, 0.5) is 0 Å². The number of hydrogen-bond acceptors (Lipinski definition) is 5. The molecule has 116 valence electrons. The van der Waals surface area contributed by atoms with Crippen molar-refractivity contribution in [1.29, 1.82) is 0 Å². The number of hydrogen-bond donors (Lipinski definition) is 1. The monoisotopic (exact) mass is 310 g/mol. The van der Waals surface area contributed by atoms with Crippen LogP contribution < -0.4 is 10.5 Å². The van der Waals surface area contributed by atoms with Gasteiger partial charge in [-0.1, -0.05) is 18.2 Å². The maximum absolute atomic E-state index is 11.7. The second kappa shape index (κ2) is 5.59. The molecule has 0 aliphatic carbocycles. The molecule has 5 nitrogen and oxygen atoms in total. The number of fused-ring (bicyclic) bond motifs is 1. The Balaban J connectivity index is 1.85. The van der Waals surface area contributed by atoms with Gasteiger partial charge < -0.3 is 10.5 Å². The predicted octanol–water partition coefficient (Wildman–Crippen LogP) is 0.787. The summed E-state index contributed by atoms with van der Waals surface area (Å²) in [4.78, 5) is 2.33. The Kier molecular flexibility index (Phi) is 3.94. The van der Waals surface area contributed by atoms with Gasteiger partial charge in [-0.05, 0) is 18.9 Å².